The van der Waals surface area contributed by atoms with Crippen molar-refractivity contribution in [2.24, 2.45) is 5.92 Å². The van der Waals surface area contributed by atoms with Gasteiger partial charge < -0.3 is 9.42 Å². The van der Waals surface area contributed by atoms with Gasteiger partial charge >= 0.3 is 0 Å². The summed E-state index contributed by atoms with van der Waals surface area (Å²) in [6.45, 7) is 6.86. The Labute approximate surface area is 150 Å². The van der Waals surface area contributed by atoms with E-state index in [4.69, 9.17) is 4.52 Å². The van der Waals surface area contributed by atoms with Crippen molar-refractivity contribution in [3.05, 3.63) is 41.5 Å². The van der Waals surface area contributed by atoms with Crippen LogP contribution in [0.15, 0.2) is 28.8 Å². The van der Waals surface area contributed by atoms with Crippen LogP contribution in [0.1, 0.15) is 42.8 Å². The maximum absolute atomic E-state index is 13.0. The normalized spacial score (nSPS) is 11.1. The van der Waals surface area contributed by atoms with E-state index in [1.165, 1.54) is 0 Å². The highest BCUT2D eigenvalue weighted by Gasteiger charge is 2.22. The molecule has 1 N–H and O–H groups in total. The highest BCUT2D eigenvalue weighted by atomic mass is 16.5. The number of hydrogen-bond acceptors (Lipinski definition) is 7. The average Bonchev–Trinajstić information content (AvgIpc) is 3.30. The average molecular weight is 355 g/mol. The quantitative estimate of drug-likeness (QED) is 0.690. The largest absolute Gasteiger partial charge is 0.339 e. The summed E-state index contributed by atoms with van der Waals surface area (Å²) in [5.74, 6) is 1.74. The zero-order valence-corrected chi connectivity index (χ0v) is 15.0. The van der Waals surface area contributed by atoms with Crippen LogP contribution < -0.4 is 0 Å². The first kappa shape index (κ1) is 17.7. The molecule has 26 heavy (non-hydrogen) atoms. The van der Waals surface area contributed by atoms with Gasteiger partial charge in [-0.25, -0.2) is 0 Å². The van der Waals surface area contributed by atoms with Gasteiger partial charge in [-0.3, -0.25) is 4.79 Å². The van der Waals surface area contributed by atoms with Crippen molar-refractivity contribution in [1.29, 1.82) is 0 Å². The van der Waals surface area contributed by atoms with Gasteiger partial charge in [-0.1, -0.05) is 37.2 Å². The first-order chi connectivity index (χ1) is 12.6. The zero-order valence-electron chi connectivity index (χ0n) is 15.0. The van der Waals surface area contributed by atoms with Crippen molar-refractivity contribution < 1.29 is 9.32 Å². The number of amides is 1. The summed E-state index contributed by atoms with van der Waals surface area (Å²) in [7, 11) is 0. The molecule has 3 aromatic rings. The van der Waals surface area contributed by atoms with Gasteiger partial charge in [-0.2, -0.15) is 10.2 Å². The topological polar surface area (TPSA) is 114 Å². The fourth-order valence-corrected chi connectivity index (χ4v) is 2.60. The number of nitrogens with zero attached hydrogens (tertiary/aromatic N) is 6. The molecule has 0 bridgehead atoms. The van der Waals surface area contributed by atoms with Crippen molar-refractivity contribution in [2.75, 3.05) is 6.54 Å². The van der Waals surface area contributed by atoms with Crippen molar-refractivity contribution in [3.8, 4) is 11.4 Å². The van der Waals surface area contributed by atoms with E-state index in [0.29, 0.717) is 47.5 Å². The van der Waals surface area contributed by atoms with Crippen LogP contribution in [0, 0.1) is 5.92 Å². The summed E-state index contributed by atoms with van der Waals surface area (Å²) in [6.07, 6.45) is 0.716. The highest BCUT2D eigenvalue weighted by Crippen LogP contribution is 2.21. The van der Waals surface area contributed by atoms with Crippen LogP contribution in [-0.4, -0.2) is 48.1 Å². The van der Waals surface area contributed by atoms with Gasteiger partial charge in [-0.05, 0) is 24.1 Å². The van der Waals surface area contributed by atoms with E-state index in [9.17, 15) is 4.79 Å². The first-order valence-electron chi connectivity index (χ1n) is 8.52. The van der Waals surface area contributed by atoms with Gasteiger partial charge in [0.1, 0.15) is 0 Å². The molecule has 0 saturated heterocycles. The number of H-pyrrole nitrogens is 1. The molecule has 9 nitrogen and oxygen atoms in total. The summed E-state index contributed by atoms with van der Waals surface area (Å²) in [5.41, 5.74) is 1.12. The molecule has 0 aliphatic heterocycles. The summed E-state index contributed by atoms with van der Waals surface area (Å²) in [4.78, 5) is 19.1. The molecule has 136 valence electrons. The van der Waals surface area contributed by atoms with Crippen molar-refractivity contribution in [2.45, 2.75) is 33.7 Å². The molecule has 0 aliphatic rings. The lowest BCUT2D eigenvalue weighted by atomic mass is 10.1. The SMILES string of the molecule is CCN(Cc1noc(CC(C)C)n1)C(=O)c1ccccc1-c1nn[nH]n1. The van der Waals surface area contributed by atoms with Crippen molar-refractivity contribution in [3.63, 3.8) is 0 Å². The van der Waals surface area contributed by atoms with Crippen molar-refractivity contribution >= 4 is 5.91 Å². The fourth-order valence-electron chi connectivity index (χ4n) is 2.60. The standard InChI is InChI=1S/C17H21N7O2/c1-4-24(10-14-18-15(26-21-14)9-11(2)3)17(25)13-8-6-5-7-12(13)16-19-22-23-20-16/h5-8,11H,4,9-10H2,1-3H3,(H,19,20,22,23). The Hall–Kier alpha value is -3.10. The molecule has 3 rings (SSSR count). The first-order valence-corrected chi connectivity index (χ1v) is 8.52. The summed E-state index contributed by atoms with van der Waals surface area (Å²) in [6, 6.07) is 7.17. The Morgan fingerprint density at radius 2 is 2.12 bits per heavy atom. The number of carbonyl (C=O) groups excluding carboxylic acids is 1. The number of aromatic nitrogens is 6. The second kappa shape index (κ2) is 7.85. The van der Waals surface area contributed by atoms with Crippen LogP contribution in [0.25, 0.3) is 11.4 Å². The Morgan fingerprint density at radius 1 is 1.31 bits per heavy atom. The number of hydrogen-bond donors (Lipinski definition) is 1. The number of nitrogens with one attached hydrogen (secondary N) is 1. The second-order valence-corrected chi connectivity index (χ2v) is 6.30. The van der Waals surface area contributed by atoms with Crippen LogP contribution in [0.3, 0.4) is 0 Å². The summed E-state index contributed by atoms with van der Waals surface area (Å²) >= 11 is 0. The van der Waals surface area contributed by atoms with E-state index < -0.39 is 0 Å². The zero-order chi connectivity index (χ0) is 18.5. The third kappa shape index (κ3) is 3.93. The Morgan fingerprint density at radius 3 is 2.81 bits per heavy atom. The summed E-state index contributed by atoms with van der Waals surface area (Å²) in [5, 5.41) is 17.9. The smallest absolute Gasteiger partial charge is 0.255 e. The van der Waals surface area contributed by atoms with Crippen LogP contribution in [0.2, 0.25) is 0 Å². The van der Waals surface area contributed by atoms with E-state index in [1.54, 1.807) is 23.1 Å². The van der Waals surface area contributed by atoms with E-state index in [2.05, 4.69) is 44.6 Å². The van der Waals surface area contributed by atoms with E-state index in [1.807, 2.05) is 13.0 Å². The van der Waals surface area contributed by atoms with Crippen LogP contribution >= 0.6 is 0 Å². The molecule has 0 spiro atoms. The molecule has 2 aromatic heterocycles. The van der Waals surface area contributed by atoms with Crippen LogP contribution in [-0.2, 0) is 13.0 Å². The predicted molar refractivity (Wildman–Crippen MR) is 92.9 cm³/mol. The molecule has 0 unspecified atom stereocenters. The van der Waals surface area contributed by atoms with E-state index >= 15 is 0 Å². The monoisotopic (exact) mass is 355 g/mol. The minimum Gasteiger partial charge on any atom is -0.339 e. The van der Waals surface area contributed by atoms with Gasteiger partial charge in [0.25, 0.3) is 5.91 Å². The summed E-state index contributed by atoms with van der Waals surface area (Å²) < 4.78 is 5.26. The number of tetrazole rings is 1. The van der Waals surface area contributed by atoms with Crippen molar-refractivity contribution in [1.82, 2.24) is 35.7 Å². The molecule has 0 fully saturated rings. The maximum atomic E-state index is 13.0. The van der Waals surface area contributed by atoms with Crippen LogP contribution in [0.4, 0.5) is 0 Å². The van der Waals surface area contributed by atoms with Gasteiger partial charge in [0.15, 0.2) is 5.82 Å². The third-order valence-electron chi connectivity index (χ3n) is 3.84. The molecule has 0 saturated carbocycles. The Bertz CT molecular complexity index is 858. The van der Waals surface area contributed by atoms with Gasteiger partial charge in [-0.15, -0.1) is 10.2 Å². The van der Waals surface area contributed by atoms with Gasteiger partial charge in [0.05, 0.1) is 12.1 Å². The minimum absolute atomic E-state index is 0.150. The lowest BCUT2D eigenvalue weighted by Gasteiger charge is -2.20. The molecule has 0 radical (unpaired) electrons. The third-order valence-corrected chi connectivity index (χ3v) is 3.84. The molecule has 0 atom stereocenters. The molecular weight excluding hydrogens is 334 g/mol. The van der Waals surface area contributed by atoms with Gasteiger partial charge in [0.2, 0.25) is 11.7 Å². The highest BCUT2D eigenvalue weighted by molar-refractivity contribution is 6.00. The lowest BCUT2D eigenvalue weighted by molar-refractivity contribution is 0.0748. The maximum Gasteiger partial charge on any atom is 0.255 e. The molecule has 1 amide bonds. The predicted octanol–water partition coefficient (Wildman–Crippen LogP) is 2.11. The second-order valence-electron chi connectivity index (χ2n) is 6.30. The number of rotatable bonds is 7. The lowest BCUT2D eigenvalue weighted by Crippen LogP contribution is -2.31. The number of carbonyl (C=O) groups is 1. The number of benzene rings is 1. The molecule has 9 heteroatoms. The Balaban J connectivity index is 1.81. The Kier molecular flexibility index (Phi) is 5.35. The van der Waals surface area contributed by atoms with Gasteiger partial charge in [0, 0.05) is 18.5 Å². The molecule has 2 heterocycles. The molecular formula is C17H21N7O2. The number of aromatic amines is 1. The van der Waals surface area contributed by atoms with E-state index in [-0.39, 0.29) is 12.5 Å². The molecule has 0 aliphatic carbocycles. The van der Waals surface area contributed by atoms with E-state index in [0.717, 1.165) is 0 Å². The minimum atomic E-state index is -0.150. The molecule has 1 aromatic carbocycles. The fraction of sp³-hybridized carbons (Fsp3) is 0.412. The van der Waals surface area contributed by atoms with Crippen LogP contribution in [0.5, 0.6) is 0 Å².